The Morgan fingerprint density at radius 2 is 1.27 bits per heavy atom. The van der Waals surface area contributed by atoms with Gasteiger partial charge in [-0.1, -0.05) is 86.6 Å². The van der Waals surface area contributed by atoms with Gasteiger partial charge in [-0.3, -0.25) is 0 Å². The zero-order chi connectivity index (χ0) is 29.9. The minimum absolute atomic E-state index is 0.0392. The van der Waals surface area contributed by atoms with Crippen molar-refractivity contribution in [3.63, 3.8) is 0 Å². The monoisotopic (exact) mass is 612 g/mol. The molecule has 214 valence electrons. The summed E-state index contributed by atoms with van der Waals surface area (Å²) in [6.45, 7) is 4.72. The Morgan fingerprint density at radius 1 is 0.511 bits per heavy atom. The molecule has 4 heterocycles. The zero-order valence-corrected chi connectivity index (χ0v) is 26.5. The van der Waals surface area contributed by atoms with Crippen LogP contribution in [0.5, 0.6) is 0 Å². The van der Waals surface area contributed by atoms with Crippen molar-refractivity contribution in [2.45, 2.75) is 19.3 Å². The van der Waals surface area contributed by atoms with E-state index in [9.17, 15) is 0 Å². The number of thiophene rings is 2. The number of hydrogen-bond acceptors (Lipinski definition) is 2. The quantitative estimate of drug-likeness (QED) is 0.188. The lowest BCUT2D eigenvalue weighted by Gasteiger charge is -2.22. The maximum absolute atomic E-state index is 2.48. The van der Waals surface area contributed by atoms with Crippen LogP contribution in [0.15, 0.2) is 133 Å². The lowest BCUT2D eigenvalue weighted by atomic mass is 9.82. The van der Waals surface area contributed by atoms with Crippen molar-refractivity contribution < 1.29 is 0 Å². The highest BCUT2D eigenvalue weighted by Gasteiger charge is 2.35. The number of para-hydroxylation sites is 2. The highest BCUT2D eigenvalue weighted by Crippen LogP contribution is 2.50. The molecule has 4 aromatic heterocycles. The first-order chi connectivity index (χ1) is 22.1. The topological polar surface area (TPSA) is 9.86 Å². The van der Waals surface area contributed by atoms with Crippen molar-refractivity contribution in [1.29, 1.82) is 0 Å². The molecule has 5 aromatic carbocycles. The molecule has 9 aromatic rings. The smallest absolute Gasteiger partial charge is 0.0655 e. The third-order valence-corrected chi connectivity index (χ3v) is 12.0. The van der Waals surface area contributed by atoms with E-state index in [1.54, 1.807) is 0 Å². The third kappa shape index (κ3) is 3.44. The summed E-state index contributed by atoms with van der Waals surface area (Å²) in [5.74, 6) is 0. The van der Waals surface area contributed by atoms with E-state index in [2.05, 4.69) is 156 Å². The van der Waals surface area contributed by atoms with Gasteiger partial charge in [-0.2, -0.15) is 0 Å². The molecule has 0 amide bonds. The van der Waals surface area contributed by atoms with Crippen molar-refractivity contribution >= 4 is 64.9 Å². The van der Waals surface area contributed by atoms with Crippen LogP contribution in [0.1, 0.15) is 25.0 Å². The Labute approximate surface area is 269 Å². The van der Waals surface area contributed by atoms with Gasteiger partial charge in [0.15, 0.2) is 0 Å². The molecular formula is C41H28N2S2. The Morgan fingerprint density at radius 3 is 2.18 bits per heavy atom. The fourth-order valence-corrected chi connectivity index (χ4v) is 9.79. The Kier molecular flexibility index (Phi) is 5.13. The molecule has 45 heavy (non-hydrogen) atoms. The molecule has 0 saturated heterocycles. The number of fused-ring (bicyclic) bond motifs is 9. The Balaban J connectivity index is 1.17. The maximum Gasteiger partial charge on any atom is 0.0655 e. The molecule has 0 aliphatic heterocycles. The summed E-state index contributed by atoms with van der Waals surface area (Å²) >= 11 is 3.73. The van der Waals surface area contributed by atoms with E-state index in [0.717, 1.165) is 0 Å². The van der Waals surface area contributed by atoms with Gasteiger partial charge in [0.1, 0.15) is 0 Å². The van der Waals surface area contributed by atoms with Crippen LogP contribution in [0.25, 0.3) is 75.2 Å². The second-order valence-electron chi connectivity index (χ2n) is 12.6. The van der Waals surface area contributed by atoms with Crippen LogP contribution in [-0.4, -0.2) is 9.13 Å². The second-order valence-corrected chi connectivity index (χ2v) is 14.6. The molecule has 10 rings (SSSR count). The number of nitrogens with zero attached hydrogens (tertiary/aromatic N) is 2. The van der Waals surface area contributed by atoms with Gasteiger partial charge >= 0.3 is 0 Å². The minimum Gasteiger partial charge on any atom is -0.308 e. The van der Waals surface area contributed by atoms with Crippen LogP contribution < -0.4 is 0 Å². The second kappa shape index (κ2) is 9.07. The Hall–Kier alpha value is -4.90. The Bertz CT molecular complexity index is 2620. The molecular weight excluding hydrogens is 585 g/mol. The zero-order valence-electron chi connectivity index (χ0n) is 24.9. The van der Waals surface area contributed by atoms with E-state index >= 15 is 0 Å². The van der Waals surface area contributed by atoms with Crippen molar-refractivity contribution in [3.8, 4) is 32.9 Å². The van der Waals surface area contributed by atoms with E-state index in [1.807, 2.05) is 22.7 Å². The van der Waals surface area contributed by atoms with E-state index < -0.39 is 0 Å². The molecule has 2 nitrogen and oxygen atoms in total. The van der Waals surface area contributed by atoms with Crippen LogP contribution in [-0.2, 0) is 5.41 Å². The molecule has 0 radical (unpaired) electrons. The van der Waals surface area contributed by atoms with Gasteiger partial charge in [-0.25, -0.2) is 0 Å². The van der Waals surface area contributed by atoms with Gasteiger partial charge in [0.25, 0.3) is 0 Å². The highest BCUT2D eigenvalue weighted by molar-refractivity contribution is 7.23. The van der Waals surface area contributed by atoms with Crippen LogP contribution in [0, 0.1) is 0 Å². The molecule has 1 aliphatic carbocycles. The van der Waals surface area contributed by atoms with Gasteiger partial charge in [-0.15, -0.1) is 22.7 Å². The number of benzene rings is 5. The summed E-state index contributed by atoms with van der Waals surface area (Å²) in [5.41, 5.74) is 14.2. The summed E-state index contributed by atoms with van der Waals surface area (Å²) < 4.78 is 7.55. The van der Waals surface area contributed by atoms with Crippen LogP contribution in [0.3, 0.4) is 0 Å². The predicted molar refractivity (Wildman–Crippen MR) is 194 cm³/mol. The number of aromatic nitrogens is 2. The molecule has 0 bridgehead atoms. The van der Waals surface area contributed by atoms with E-state index in [4.69, 9.17) is 0 Å². The van der Waals surface area contributed by atoms with Gasteiger partial charge in [0.2, 0.25) is 0 Å². The minimum atomic E-state index is -0.0392. The molecule has 0 spiro atoms. The standard InChI is InChI=1S/C41H28N2S2/c1-41(2)32-14-8-6-12-28(32)29-18-17-27(23-33(29)41)43-34-15-9-7-13-30(34)40-37(43)24-38(45-40)25-16-19-35-31(22-25)39-36(20-21-44-39)42(35)26-10-4-3-5-11-26/h3-24H,1-2H3. The van der Waals surface area contributed by atoms with E-state index in [0.29, 0.717) is 0 Å². The lowest BCUT2D eigenvalue weighted by molar-refractivity contribution is 0.660. The van der Waals surface area contributed by atoms with E-state index in [-0.39, 0.29) is 5.41 Å². The third-order valence-electron chi connectivity index (χ3n) is 9.83. The first-order valence-corrected chi connectivity index (χ1v) is 17.1. The molecule has 4 heteroatoms. The van der Waals surface area contributed by atoms with Gasteiger partial charge in [0, 0.05) is 32.4 Å². The van der Waals surface area contributed by atoms with Gasteiger partial charge in [-0.05, 0) is 87.8 Å². The molecule has 0 unspecified atom stereocenters. The lowest BCUT2D eigenvalue weighted by Crippen LogP contribution is -2.15. The number of hydrogen-bond donors (Lipinski definition) is 0. The normalized spacial score (nSPS) is 13.7. The molecule has 1 aliphatic rings. The largest absolute Gasteiger partial charge is 0.308 e. The highest BCUT2D eigenvalue weighted by atomic mass is 32.1. The average molecular weight is 613 g/mol. The van der Waals surface area contributed by atoms with Crippen LogP contribution >= 0.6 is 22.7 Å². The van der Waals surface area contributed by atoms with Gasteiger partial charge in [0.05, 0.1) is 31.5 Å². The predicted octanol–water partition coefficient (Wildman–Crippen LogP) is 12.0. The van der Waals surface area contributed by atoms with Crippen molar-refractivity contribution in [3.05, 3.63) is 144 Å². The van der Waals surface area contributed by atoms with Gasteiger partial charge < -0.3 is 9.13 Å². The summed E-state index contributed by atoms with van der Waals surface area (Å²) in [7, 11) is 0. The molecule has 0 atom stereocenters. The van der Waals surface area contributed by atoms with Crippen molar-refractivity contribution in [2.24, 2.45) is 0 Å². The SMILES string of the molecule is CC1(C)c2ccccc2-c2ccc(-n3c4ccccc4c4sc(-c5ccc6c(c5)c5sccc5n6-c5ccccc5)cc43)cc21. The van der Waals surface area contributed by atoms with Crippen LogP contribution in [0.4, 0.5) is 0 Å². The summed E-state index contributed by atoms with van der Waals surface area (Å²) in [4.78, 5) is 1.30. The fraction of sp³-hybridized carbons (Fsp3) is 0.0732. The molecule has 0 N–H and O–H groups in total. The average Bonchev–Trinajstić information content (AvgIpc) is 3.87. The maximum atomic E-state index is 2.48. The molecule has 0 fully saturated rings. The first kappa shape index (κ1) is 25.4. The first-order valence-electron chi connectivity index (χ1n) is 15.4. The van der Waals surface area contributed by atoms with Crippen LogP contribution in [0.2, 0.25) is 0 Å². The van der Waals surface area contributed by atoms with Crippen molar-refractivity contribution in [1.82, 2.24) is 9.13 Å². The molecule has 0 saturated carbocycles. The van der Waals surface area contributed by atoms with E-state index in [1.165, 1.54) is 86.3 Å². The summed E-state index contributed by atoms with van der Waals surface area (Å²) in [6, 6.07) is 47.2. The summed E-state index contributed by atoms with van der Waals surface area (Å²) in [6.07, 6.45) is 0. The van der Waals surface area contributed by atoms with Crippen molar-refractivity contribution in [2.75, 3.05) is 0 Å². The summed E-state index contributed by atoms with van der Waals surface area (Å²) in [5, 5.41) is 4.83. The number of rotatable bonds is 3. The fourth-order valence-electron chi connectivity index (χ4n) is 7.71.